The molecule has 1 N–H and O–H groups in total. The molecule has 0 amide bonds. The van der Waals surface area contributed by atoms with Gasteiger partial charge in [-0.3, -0.25) is 0 Å². The van der Waals surface area contributed by atoms with Crippen LogP contribution in [-0.2, 0) is 0 Å². The Morgan fingerprint density at radius 3 is 1.32 bits per heavy atom. The second-order valence-corrected chi connectivity index (χ2v) is 15.1. The Hall–Kier alpha value is 0.177. The third kappa shape index (κ3) is 22.1. The van der Waals surface area contributed by atoms with Crippen molar-refractivity contribution in [1.82, 2.24) is 0 Å². The van der Waals surface area contributed by atoms with Gasteiger partial charge in [-0.15, -0.1) is 0 Å². The monoisotopic (exact) mass is 370 g/mol. The molecule has 0 aromatic rings. The highest BCUT2D eigenvalue weighted by molar-refractivity contribution is 6.76. The van der Waals surface area contributed by atoms with Gasteiger partial charge in [-0.25, -0.2) is 0 Å². The Kier molecular flexibility index (Phi) is 17.7. The molecule has 2 heteroatoms. The van der Waals surface area contributed by atoms with Crippen molar-refractivity contribution in [3.63, 3.8) is 0 Å². The Morgan fingerprint density at radius 1 is 0.560 bits per heavy atom. The summed E-state index contributed by atoms with van der Waals surface area (Å²) in [5.74, 6) is 0. The molecule has 0 aliphatic rings. The smallest absolute Gasteiger partial charge is 0.0540 e. The molecule has 0 bridgehead atoms. The van der Waals surface area contributed by atoms with Crippen molar-refractivity contribution in [3.05, 3.63) is 0 Å². The summed E-state index contributed by atoms with van der Waals surface area (Å²) in [6.45, 7) is 9.70. The van der Waals surface area contributed by atoms with Crippen LogP contribution in [0.25, 0.3) is 0 Å². The van der Waals surface area contributed by atoms with Crippen LogP contribution >= 0.6 is 0 Å². The van der Waals surface area contributed by atoms with E-state index in [0.29, 0.717) is 0 Å². The highest BCUT2D eigenvalue weighted by atomic mass is 28.3. The number of rotatable bonds is 19. The molecule has 152 valence electrons. The van der Waals surface area contributed by atoms with E-state index < -0.39 is 8.07 Å². The Balaban J connectivity index is 3.19. The molecule has 0 aliphatic carbocycles. The Morgan fingerprint density at radius 2 is 0.920 bits per heavy atom. The standard InChI is InChI=1S/C23H50OSi/c1-5-6-7-8-9-10-11-14-17-20-23(24)21-18-15-12-13-16-19-22-25(2,3)4/h23-24H,5-22H2,1-4H3. The van der Waals surface area contributed by atoms with Crippen LogP contribution in [-0.4, -0.2) is 19.3 Å². The third-order valence-electron chi connectivity index (χ3n) is 5.36. The number of aliphatic hydroxyl groups excluding tert-OH is 1. The van der Waals surface area contributed by atoms with E-state index in [2.05, 4.69) is 26.6 Å². The van der Waals surface area contributed by atoms with E-state index in [1.165, 1.54) is 102 Å². The first-order valence-corrected chi connectivity index (χ1v) is 15.3. The van der Waals surface area contributed by atoms with Gasteiger partial charge in [-0.1, -0.05) is 129 Å². The highest BCUT2D eigenvalue weighted by Crippen LogP contribution is 2.17. The fourth-order valence-electron chi connectivity index (χ4n) is 3.58. The molecule has 25 heavy (non-hydrogen) atoms. The lowest BCUT2D eigenvalue weighted by Crippen LogP contribution is -2.18. The van der Waals surface area contributed by atoms with Crippen LogP contribution < -0.4 is 0 Å². The lowest BCUT2D eigenvalue weighted by atomic mass is 10.0. The summed E-state index contributed by atoms with van der Waals surface area (Å²) in [6, 6.07) is 1.49. The molecule has 1 unspecified atom stereocenters. The van der Waals surface area contributed by atoms with Crippen molar-refractivity contribution in [3.8, 4) is 0 Å². The predicted molar refractivity (Wildman–Crippen MR) is 118 cm³/mol. The van der Waals surface area contributed by atoms with E-state index in [1.807, 2.05) is 0 Å². The van der Waals surface area contributed by atoms with Crippen molar-refractivity contribution in [2.75, 3.05) is 0 Å². The number of hydrogen-bond acceptors (Lipinski definition) is 1. The van der Waals surface area contributed by atoms with Crippen LogP contribution in [0.1, 0.15) is 116 Å². The molecule has 1 atom stereocenters. The van der Waals surface area contributed by atoms with E-state index in [4.69, 9.17) is 0 Å². The second-order valence-electron chi connectivity index (χ2n) is 9.49. The number of unbranched alkanes of at least 4 members (excludes halogenated alkanes) is 13. The first kappa shape index (κ1) is 25.2. The van der Waals surface area contributed by atoms with Crippen molar-refractivity contribution < 1.29 is 5.11 Å². The van der Waals surface area contributed by atoms with Gasteiger partial charge in [0.2, 0.25) is 0 Å². The molecule has 0 spiro atoms. The second kappa shape index (κ2) is 17.6. The van der Waals surface area contributed by atoms with Crippen molar-refractivity contribution in [2.45, 2.75) is 148 Å². The third-order valence-corrected chi connectivity index (χ3v) is 7.21. The normalized spacial score (nSPS) is 13.3. The van der Waals surface area contributed by atoms with E-state index in [9.17, 15) is 5.11 Å². The molecular formula is C23H50OSi. The highest BCUT2D eigenvalue weighted by Gasteiger charge is 2.11. The fraction of sp³-hybridized carbons (Fsp3) is 1.00. The molecule has 0 fully saturated rings. The number of hydrogen-bond donors (Lipinski definition) is 1. The van der Waals surface area contributed by atoms with Crippen LogP contribution in [0.5, 0.6) is 0 Å². The lowest BCUT2D eigenvalue weighted by molar-refractivity contribution is 0.147. The zero-order chi connectivity index (χ0) is 18.8. The summed E-state index contributed by atoms with van der Waals surface area (Å²) >= 11 is 0. The summed E-state index contributed by atoms with van der Waals surface area (Å²) in [5, 5.41) is 10.1. The maximum absolute atomic E-state index is 10.1. The zero-order valence-corrected chi connectivity index (χ0v) is 19.3. The molecule has 0 aromatic heterocycles. The lowest BCUT2D eigenvalue weighted by Gasteiger charge is -2.15. The largest absolute Gasteiger partial charge is 0.393 e. The van der Waals surface area contributed by atoms with Gasteiger partial charge in [0.1, 0.15) is 0 Å². The van der Waals surface area contributed by atoms with Crippen molar-refractivity contribution in [1.29, 1.82) is 0 Å². The molecule has 0 saturated carbocycles. The first-order valence-electron chi connectivity index (χ1n) is 11.6. The summed E-state index contributed by atoms with van der Waals surface area (Å²) in [7, 11) is -0.810. The minimum Gasteiger partial charge on any atom is -0.393 e. The van der Waals surface area contributed by atoms with Gasteiger partial charge in [0.25, 0.3) is 0 Å². The molecule has 0 heterocycles. The van der Waals surface area contributed by atoms with Gasteiger partial charge in [0.15, 0.2) is 0 Å². The SMILES string of the molecule is CCCCCCCCCCCC(O)CCCCCCCC[Si](C)(C)C. The number of aliphatic hydroxyl groups is 1. The van der Waals surface area contributed by atoms with Crippen LogP contribution in [0, 0.1) is 0 Å². The first-order chi connectivity index (χ1) is 12.0. The van der Waals surface area contributed by atoms with Crippen LogP contribution in [0.4, 0.5) is 0 Å². The maximum Gasteiger partial charge on any atom is 0.0540 e. The predicted octanol–water partition coefficient (Wildman–Crippen LogP) is 8.34. The van der Waals surface area contributed by atoms with Crippen LogP contribution in [0.3, 0.4) is 0 Å². The molecule has 1 nitrogen and oxygen atoms in total. The van der Waals surface area contributed by atoms with E-state index in [1.54, 1.807) is 0 Å². The Bertz CT molecular complexity index is 259. The van der Waals surface area contributed by atoms with E-state index >= 15 is 0 Å². The molecule has 0 saturated heterocycles. The molecule has 0 aliphatic heterocycles. The summed E-state index contributed by atoms with van der Waals surface area (Å²) in [4.78, 5) is 0. The zero-order valence-electron chi connectivity index (χ0n) is 18.3. The molecule has 0 radical (unpaired) electrons. The van der Waals surface area contributed by atoms with Crippen LogP contribution in [0.2, 0.25) is 25.7 Å². The molecule has 0 rings (SSSR count). The van der Waals surface area contributed by atoms with Gasteiger partial charge >= 0.3 is 0 Å². The summed E-state index contributed by atoms with van der Waals surface area (Å²) in [6.07, 6.45) is 22.6. The Labute approximate surface area is 161 Å². The van der Waals surface area contributed by atoms with E-state index in [-0.39, 0.29) is 6.10 Å². The van der Waals surface area contributed by atoms with Gasteiger partial charge < -0.3 is 5.11 Å². The van der Waals surface area contributed by atoms with Crippen LogP contribution in [0.15, 0.2) is 0 Å². The molecular weight excluding hydrogens is 320 g/mol. The quantitative estimate of drug-likeness (QED) is 0.179. The topological polar surface area (TPSA) is 20.2 Å². The maximum atomic E-state index is 10.1. The van der Waals surface area contributed by atoms with Gasteiger partial charge in [-0.05, 0) is 12.8 Å². The summed E-state index contributed by atoms with van der Waals surface area (Å²) < 4.78 is 0. The fourth-order valence-corrected chi connectivity index (χ4v) is 4.89. The van der Waals surface area contributed by atoms with Crippen molar-refractivity contribution in [2.24, 2.45) is 0 Å². The van der Waals surface area contributed by atoms with Gasteiger partial charge in [0, 0.05) is 8.07 Å². The minimum absolute atomic E-state index is 0.0311. The van der Waals surface area contributed by atoms with Crippen molar-refractivity contribution >= 4 is 8.07 Å². The molecule has 0 aromatic carbocycles. The summed E-state index contributed by atoms with van der Waals surface area (Å²) in [5.41, 5.74) is 0. The average molecular weight is 371 g/mol. The van der Waals surface area contributed by atoms with E-state index in [0.717, 1.165) is 12.8 Å². The van der Waals surface area contributed by atoms with Gasteiger partial charge in [-0.2, -0.15) is 0 Å². The average Bonchev–Trinajstić information content (AvgIpc) is 2.54. The minimum atomic E-state index is -0.810. The van der Waals surface area contributed by atoms with Gasteiger partial charge in [0.05, 0.1) is 6.10 Å².